The van der Waals surface area contributed by atoms with Gasteiger partial charge in [-0.2, -0.15) is 0 Å². The van der Waals surface area contributed by atoms with E-state index in [-0.39, 0.29) is 5.91 Å². The summed E-state index contributed by atoms with van der Waals surface area (Å²) in [5, 5.41) is 6.63. The van der Waals surface area contributed by atoms with Crippen molar-refractivity contribution in [2.24, 2.45) is 0 Å². The van der Waals surface area contributed by atoms with Crippen molar-refractivity contribution in [2.75, 3.05) is 10.6 Å². The quantitative estimate of drug-likeness (QED) is 0.738. The number of nitrogens with one attached hydrogen (secondary N) is 2. The van der Waals surface area contributed by atoms with Crippen molar-refractivity contribution in [1.29, 1.82) is 0 Å². The van der Waals surface area contributed by atoms with Gasteiger partial charge in [-0.05, 0) is 55.5 Å². The molecule has 0 aliphatic heterocycles. The van der Waals surface area contributed by atoms with Gasteiger partial charge >= 0.3 is 0 Å². The topological polar surface area (TPSA) is 66.9 Å². The van der Waals surface area contributed by atoms with Crippen molar-refractivity contribution in [3.63, 3.8) is 0 Å². The van der Waals surface area contributed by atoms with Crippen LogP contribution in [-0.2, 0) is 0 Å². The molecule has 0 bridgehead atoms. The molecule has 0 unspecified atom stereocenters. The van der Waals surface area contributed by atoms with Crippen LogP contribution in [-0.4, -0.2) is 15.9 Å². The van der Waals surface area contributed by atoms with Gasteiger partial charge in [-0.15, -0.1) is 0 Å². The van der Waals surface area contributed by atoms with Crippen molar-refractivity contribution in [3.05, 3.63) is 77.2 Å². The van der Waals surface area contributed by atoms with Crippen LogP contribution in [0.3, 0.4) is 0 Å². The van der Waals surface area contributed by atoms with E-state index in [0.29, 0.717) is 16.3 Å². The zero-order chi connectivity index (χ0) is 16.9. The van der Waals surface area contributed by atoms with E-state index in [2.05, 4.69) is 20.6 Å². The van der Waals surface area contributed by atoms with Crippen molar-refractivity contribution < 1.29 is 4.79 Å². The highest BCUT2D eigenvalue weighted by molar-refractivity contribution is 6.30. The predicted octanol–water partition coefficient (Wildman–Crippen LogP) is 4.43. The van der Waals surface area contributed by atoms with Gasteiger partial charge in [0, 0.05) is 33.7 Å². The standard InChI is InChI=1S/C18H15ClN4O/c1-12-10-17(21-11-20-12)22-15-6-8-16(9-7-15)23-18(24)13-2-4-14(19)5-3-13/h2-11H,1H3,(H,23,24)(H,20,21,22). The van der Waals surface area contributed by atoms with Crippen molar-refractivity contribution in [1.82, 2.24) is 9.97 Å². The smallest absolute Gasteiger partial charge is 0.255 e. The number of carbonyl (C=O) groups is 1. The molecule has 1 aromatic heterocycles. The Bertz CT molecular complexity index is 848. The van der Waals surface area contributed by atoms with E-state index in [0.717, 1.165) is 17.2 Å². The van der Waals surface area contributed by atoms with Crippen LogP contribution in [0.1, 0.15) is 16.1 Å². The molecule has 0 radical (unpaired) electrons. The molecule has 0 fully saturated rings. The van der Waals surface area contributed by atoms with Gasteiger partial charge in [0.15, 0.2) is 0 Å². The molecule has 5 nitrogen and oxygen atoms in total. The average Bonchev–Trinajstić information content (AvgIpc) is 2.57. The van der Waals surface area contributed by atoms with E-state index in [1.165, 1.54) is 6.33 Å². The minimum Gasteiger partial charge on any atom is -0.340 e. The van der Waals surface area contributed by atoms with Gasteiger partial charge in [-0.1, -0.05) is 11.6 Å². The lowest BCUT2D eigenvalue weighted by Gasteiger charge is -2.08. The molecule has 0 saturated heterocycles. The SMILES string of the molecule is Cc1cc(Nc2ccc(NC(=O)c3ccc(Cl)cc3)cc2)ncn1. The van der Waals surface area contributed by atoms with Gasteiger partial charge < -0.3 is 10.6 Å². The van der Waals surface area contributed by atoms with Crippen LogP contribution < -0.4 is 10.6 Å². The van der Waals surface area contributed by atoms with E-state index in [1.807, 2.05) is 37.3 Å². The Morgan fingerprint density at radius 3 is 2.29 bits per heavy atom. The van der Waals surface area contributed by atoms with Crippen LogP contribution in [0.15, 0.2) is 60.9 Å². The lowest BCUT2D eigenvalue weighted by molar-refractivity contribution is 0.102. The van der Waals surface area contributed by atoms with E-state index >= 15 is 0 Å². The highest BCUT2D eigenvalue weighted by atomic mass is 35.5. The lowest BCUT2D eigenvalue weighted by atomic mass is 10.2. The van der Waals surface area contributed by atoms with Crippen LogP contribution in [0.4, 0.5) is 17.2 Å². The Labute approximate surface area is 144 Å². The highest BCUT2D eigenvalue weighted by Crippen LogP contribution is 2.18. The Hall–Kier alpha value is -2.92. The summed E-state index contributed by atoms with van der Waals surface area (Å²) in [6, 6.07) is 16.0. The minimum absolute atomic E-state index is 0.182. The van der Waals surface area contributed by atoms with E-state index in [9.17, 15) is 4.79 Å². The highest BCUT2D eigenvalue weighted by Gasteiger charge is 2.06. The number of carbonyl (C=O) groups excluding carboxylic acids is 1. The molecule has 6 heteroatoms. The number of aryl methyl sites for hydroxylation is 1. The number of benzene rings is 2. The third-order valence-corrected chi connectivity index (χ3v) is 3.58. The second-order valence-electron chi connectivity index (χ2n) is 5.21. The Morgan fingerprint density at radius 2 is 1.62 bits per heavy atom. The minimum atomic E-state index is -0.182. The molecule has 0 aliphatic rings. The first-order valence-corrected chi connectivity index (χ1v) is 7.70. The number of amides is 1. The van der Waals surface area contributed by atoms with Crippen LogP contribution in [0.25, 0.3) is 0 Å². The summed E-state index contributed by atoms with van der Waals surface area (Å²) in [7, 11) is 0. The molecule has 2 N–H and O–H groups in total. The molecule has 24 heavy (non-hydrogen) atoms. The number of rotatable bonds is 4. The summed E-state index contributed by atoms with van der Waals surface area (Å²) in [5.41, 5.74) is 3.02. The molecule has 1 amide bonds. The fraction of sp³-hybridized carbons (Fsp3) is 0.0556. The molecule has 0 spiro atoms. The fourth-order valence-corrected chi connectivity index (χ4v) is 2.24. The number of halogens is 1. The Balaban J connectivity index is 1.66. The zero-order valence-corrected chi connectivity index (χ0v) is 13.7. The third-order valence-electron chi connectivity index (χ3n) is 3.33. The summed E-state index contributed by atoms with van der Waals surface area (Å²) in [4.78, 5) is 20.4. The molecule has 0 aliphatic carbocycles. The van der Waals surface area contributed by atoms with Crippen molar-refractivity contribution in [3.8, 4) is 0 Å². The van der Waals surface area contributed by atoms with Gasteiger partial charge in [0.05, 0.1) is 0 Å². The maximum Gasteiger partial charge on any atom is 0.255 e. The van der Waals surface area contributed by atoms with Crippen LogP contribution in [0.5, 0.6) is 0 Å². The van der Waals surface area contributed by atoms with Crippen LogP contribution >= 0.6 is 11.6 Å². The first kappa shape index (κ1) is 16.0. The monoisotopic (exact) mass is 338 g/mol. The molecular formula is C18H15ClN4O. The van der Waals surface area contributed by atoms with Crippen molar-refractivity contribution in [2.45, 2.75) is 6.92 Å². The maximum atomic E-state index is 12.2. The Kier molecular flexibility index (Phi) is 4.72. The number of aromatic nitrogens is 2. The third kappa shape index (κ3) is 4.08. The zero-order valence-electron chi connectivity index (χ0n) is 13.0. The Morgan fingerprint density at radius 1 is 0.958 bits per heavy atom. The van der Waals surface area contributed by atoms with Crippen LogP contribution in [0, 0.1) is 6.92 Å². The second kappa shape index (κ2) is 7.10. The van der Waals surface area contributed by atoms with Crippen LogP contribution in [0.2, 0.25) is 5.02 Å². The maximum absolute atomic E-state index is 12.2. The molecule has 120 valence electrons. The molecule has 0 atom stereocenters. The summed E-state index contributed by atoms with van der Waals surface area (Å²) in [6.45, 7) is 1.91. The lowest BCUT2D eigenvalue weighted by Crippen LogP contribution is -2.11. The first-order valence-electron chi connectivity index (χ1n) is 7.33. The fourth-order valence-electron chi connectivity index (χ4n) is 2.11. The molecule has 2 aromatic carbocycles. The molecular weight excluding hydrogens is 324 g/mol. The number of hydrogen-bond acceptors (Lipinski definition) is 4. The summed E-state index contributed by atoms with van der Waals surface area (Å²) < 4.78 is 0. The summed E-state index contributed by atoms with van der Waals surface area (Å²) >= 11 is 5.82. The van der Waals surface area contributed by atoms with E-state index in [4.69, 9.17) is 11.6 Å². The molecule has 1 heterocycles. The van der Waals surface area contributed by atoms with Gasteiger partial charge in [0.2, 0.25) is 0 Å². The largest absolute Gasteiger partial charge is 0.340 e. The predicted molar refractivity (Wildman–Crippen MR) is 95.9 cm³/mol. The molecule has 0 saturated carbocycles. The number of nitrogens with zero attached hydrogens (tertiary/aromatic N) is 2. The first-order chi connectivity index (χ1) is 11.6. The summed E-state index contributed by atoms with van der Waals surface area (Å²) in [6.07, 6.45) is 1.51. The normalized spacial score (nSPS) is 10.2. The van der Waals surface area contributed by atoms with Gasteiger partial charge in [0.25, 0.3) is 5.91 Å². The summed E-state index contributed by atoms with van der Waals surface area (Å²) in [5.74, 6) is 0.541. The molecule has 3 rings (SSSR count). The second-order valence-corrected chi connectivity index (χ2v) is 5.64. The van der Waals surface area contributed by atoms with E-state index in [1.54, 1.807) is 24.3 Å². The van der Waals surface area contributed by atoms with Gasteiger partial charge in [-0.25, -0.2) is 9.97 Å². The average molecular weight is 339 g/mol. The number of anilines is 3. The number of hydrogen-bond donors (Lipinski definition) is 2. The van der Waals surface area contributed by atoms with Gasteiger partial charge in [-0.3, -0.25) is 4.79 Å². The van der Waals surface area contributed by atoms with E-state index < -0.39 is 0 Å². The van der Waals surface area contributed by atoms with Crippen molar-refractivity contribution >= 4 is 34.7 Å². The van der Waals surface area contributed by atoms with Gasteiger partial charge in [0.1, 0.15) is 12.1 Å². The molecule has 3 aromatic rings.